The van der Waals surface area contributed by atoms with Crippen molar-refractivity contribution in [3.05, 3.63) is 0 Å². The van der Waals surface area contributed by atoms with Gasteiger partial charge >= 0.3 is 0 Å². The van der Waals surface area contributed by atoms with Gasteiger partial charge in [-0.3, -0.25) is 9.59 Å². The van der Waals surface area contributed by atoms with Crippen molar-refractivity contribution in [3.8, 4) is 0 Å². The summed E-state index contributed by atoms with van der Waals surface area (Å²) < 4.78 is 0. The molecule has 0 saturated heterocycles. The molecule has 0 bridgehead atoms. The molecule has 1 aliphatic rings. The van der Waals surface area contributed by atoms with Gasteiger partial charge in [-0.1, -0.05) is 26.2 Å². The van der Waals surface area contributed by atoms with Crippen molar-refractivity contribution >= 4 is 11.6 Å². The van der Waals surface area contributed by atoms with E-state index in [1.54, 1.807) is 0 Å². The van der Waals surface area contributed by atoms with E-state index in [0.29, 0.717) is 12.8 Å². The Morgan fingerprint density at radius 3 is 2.79 bits per heavy atom. The van der Waals surface area contributed by atoms with Gasteiger partial charge in [-0.2, -0.15) is 0 Å². The second-order valence-corrected chi connectivity index (χ2v) is 4.19. The molecule has 0 heterocycles. The van der Waals surface area contributed by atoms with Gasteiger partial charge in [-0.15, -0.1) is 0 Å². The van der Waals surface area contributed by atoms with Crippen LogP contribution in [0.25, 0.3) is 0 Å². The number of carbonyl (C=O) groups excluding carboxylic acids is 2. The lowest BCUT2D eigenvalue weighted by Gasteiger charge is -2.18. The molecule has 0 aromatic carbocycles. The third-order valence-corrected chi connectivity index (χ3v) is 2.97. The molecular formula is C12H20O2. The molecule has 0 spiro atoms. The minimum Gasteiger partial charge on any atom is -0.299 e. The second-order valence-electron chi connectivity index (χ2n) is 4.19. The number of Topliss-reactive ketones (excluding diaryl/α,β-unsaturated/α-hetero) is 2. The molecule has 0 aromatic heterocycles. The van der Waals surface area contributed by atoms with E-state index in [0.717, 1.165) is 38.5 Å². The molecule has 0 radical (unpaired) electrons. The Labute approximate surface area is 86.1 Å². The fourth-order valence-electron chi connectivity index (χ4n) is 2.05. The van der Waals surface area contributed by atoms with Crippen LogP contribution in [-0.4, -0.2) is 11.6 Å². The summed E-state index contributed by atoms with van der Waals surface area (Å²) in [4.78, 5) is 23.1. The predicted molar refractivity (Wildman–Crippen MR) is 56.1 cm³/mol. The van der Waals surface area contributed by atoms with E-state index < -0.39 is 0 Å². The first kappa shape index (κ1) is 11.4. The van der Waals surface area contributed by atoms with Crippen molar-refractivity contribution in [2.45, 2.75) is 58.3 Å². The number of hydrogen-bond acceptors (Lipinski definition) is 2. The average molecular weight is 196 g/mol. The van der Waals surface area contributed by atoms with Crippen molar-refractivity contribution in [1.82, 2.24) is 0 Å². The minimum atomic E-state index is -0.236. The van der Waals surface area contributed by atoms with Gasteiger partial charge in [0.1, 0.15) is 11.6 Å². The lowest BCUT2D eigenvalue weighted by atomic mass is 9.83. The van der Waals surface area contributed by atoms with Crippen molar-refractivity contribution in [3.63, 3.8) is 0 Å². The van der Waals surface area contributed by atoms with Crippen LogP contribution in [-0.2, 0) is 9.59 Å². The van der Waals surface area contributed by atoms with Gasteiger partial charge in [0.05, 0.1) is 5.92 Å². The normalized spacial score (nSPS) is 22.4. The molecule has 14 heavy (non-hydrogen) atoms. The highest BCUT2D eigenvalue weighted by Gasteiger charge is 2.27. The maximum atomic E-state index is 11.7. The van der Waals surface area contributed by atoms with Crippen molar-refractivity contribution in [1.29, 1.82) is 0 Å². The molecule has 80 valence electrons. The first-order valence-corrected chi connectivity index (χ1v) is 5.81. The molecular weight excluding hydrogens is 176 g/mol. The number of rotatable bonds is 5. The zero-order valence-corrected chi connectivity index (χ0v) is 9.05. The minimum absolute atomic E-state index is 0.192. The van der Waals surface area contributed by atoms with Crippen LogP contribution in [0.3, 0.4) is 0 Å². The van der Waals surface area contributed by atoms with Gasteiger partial charge < -0.3 is 0 Å². The molecule has 1 rings (SSSR count). The van der Waals surface area contributed by atoms with Gasteiger partial charge in [0.15, 0.2) is 0 Å². The van der Waals surface area contributed by atoms with Crippen LogP contribution >= 0.6 is 0 Å². The van der Waals surface area contributed by atoms with Crippen LogP contribution in [0.5, 0.6) is 0 Å². The molecule has 0 aliphatic heterocycles. The van der Waals surface area contributed by atoms with Crippen LogP contribution in [0.4, 0.5) is 0 Å². The molecule has 2 nitrogen and oxygen atoms in total. The maximum Gasteiger partial charge on any atom is 0.143 e. The van der Waals surface area contributed by atoms with Gasteiger partial charge in [0.2, 0.25) is 0 Å². The first-order chi connectivity index (χ1) is 6.75. The summed E-state index contributed by atoms with van der Waals surface area (Å²) in [6, 6.07) is 0. The molecule has 2 heteroatoms. The van der Waals surface area contributed by atoms with Crippen molar-refractivity contribution < 1.29 is 9.59 Å². The largest absolute Gasteiger partial charge is 0.299 e. The Bertz CT molecular complexity index is 208. The lowest BCUT2D eigenvalue weighted by Crippen LogP contribution is -2.26. The summed E-state index contributed by atoms with van der Waals surface area (Å²) >= 11 is 0. The fourth-order valence-corrected chi connectivity index (χ4v) is 2.05. The van der Waals surface area contributed by atoms with Crippen LogP contribution in [0.1, 0.15) is 58.3 Å². The lowest BCUT2D eigenvalue weighted by molar-refractivity contribution is -0.134. The number of hydrogen-bond donors (Lipinski definition) is 0. The van der Waals surface area contributed by atoms with E-state index in [1.807, 2.05) is 0 Å². The first-order valence-electron chi connectivity index (χ1n) is 5.81. The topological polar surface area (TPSA) is 34.1 Å². The Balaban J connectivity index is 2.31. The number of ketones is 2. The average Bonchev–Trinajstić information content (AvgIpc) is 2.18. The van der Waals surface area contributed by atoms with E-state index >= 15 is 0 Å². The van der Waals surface area contributed by atoms with Crippen LogP contribution in [0.2, 0.25) is 0 Å². The summed E-state index contributed by atoms with van der Waals surface area (Å²) in [7, 11) is 0. The molecule has 1 fully saturated rings. The zero-order valence-electron chi connectivity index (χ0n) is 9.05. The SMILES string of the molecule is CCCCCC(=O)C1CCCCC1=O. The van der Waals surface area contributed by atoms with E-state index in [4.69, 9.17) is 0 Å². The molecule has 1 aliphatic carbocycles. The molecule has 1 saturated carbocycles. The smallest absolute Gasteiger partial charge is 0.143 e. The highest BCUT2D eigenvalue weighted by atomic mass is 16.1. The molecule has 0 N–H and O–H groups in total. The van der Waals surface area contributed by atoms with E-state index in [1.165, 1.54) is 0 Å². The van der Waals surface area contributed by atoms with Gasteiger partial charge in [-0.05, 0) is 19.3 Å². The summed E-state index contributed by atoms with van der Waals surface area (Å²) in [6.07, 6.45) is 7.28. The van der Waals surface area contributed by atoms with E-state index in [-0.39, 0.29) is 17.5 Å². The third kappa shape index (κ3) is 3.24. The standard InChI is InChI=1S/C12H20O2/c1-2-3-4-8-11(13)10-7-5-6-9-12(10)14/h10H,2-9H2,1H3. The molecule has 1 atom stereocenters. The highest BCUT2D eigenvalue weighted by Crippen LogP contribution is 2.23. The van der Waals surface area contributed by atoms with E-state index in [2.05, 4.69) is 6.92 Å². The maximum absolute atomic E-state index is 11.7. The Morgan fingerprint density at radius 1 is 1.36 bits per heavy atom. The fraction of sp³-hybridized carbons (Fsp3) is 0.833. The summed E-state index contributed by atoms with van der Waals surface area (Å²) in [6.45, 7) is 2.12. The quantitative estimate of drug-likeness (QED) is 0.500. The second kappa shape index (κ2) is 5.94. The van der Waals surface area contributed by atoms with Crippen LogP contribution in [0.15, 0.2) is 0 Å². The van der Waals surface area contributed by atoms with Crippen molar-refractivity contribution in [2.75, 3.05) is 0 Å². The third-order valence-electron chi connectivity index (χ3n) is 2.97. The highest BCUT2D eigenvalue weighted by molar-refractivity contribution is 6.02. The van der Waals surface area contributed by atoms with Gasteiger partial charge in [0.25, 0.3) is 0 Å². The number of carbonyl (C=O) groups is 2. The Morgan fingerprint density at radius 2 is 2.14 bits per heavy atom. The van der Waals surface area contributed by atoms with E-state index in [9.17, 15) is 9.59 Å². The van der Waals surface area contributed by atoms with Gasteiger partial charge in [-0.25, -0.2) is 0 Å². The molecule has 0 aromatic rings. The molecule has 1 unspecified atom stereocenters. The summed E-state index contributed by atoms with van der Waals surface area (Å²) in [5.41, 5.74) is 0. The summed E-state index contributed by atoms with van der Waals surface area (Å²) in [5, 5.41) is 0. The monoisotopic (exact) mass is 196 g/mol. The Kier molecular flexibility index (Phi) is 4.85. The predicted octanol–water partition coefficient (Wildman–Crippen LogP) is 2.90. The van der Waals surface area contributed by atoms with Crippen LogP contribution in [0, 0.1) is 5.92 Å². The zero-order chi connectivity index (χ0) is 10.4. The number of unbranched alkanes of at least 4 members (excludes halogenated alkanes) is 2. The van der Waals surface area contributed by atoms with Crippen molar-refractivity contribution in [2.24, 2.45) is 5.92 Å². The Hall–Kier alpha value is -0.660. The summed E-state index contributed by atoms with van der Waals surface area (Å²) in [5.74, 6) is 0.154. The van der Waals surface area contributed by atoms with Crippen LogP contribution < -0.4 is 0 Å². The van der Waals surface area contributed by atoms with Gasteiger partial charge in [0, 0.05) is 12.8 Å². The molecule has 0 amide bonds.